The van der Waals surface area contributed by atoms with Gasteiger partial charge in [0.2, 0.25) is 0 Å². The fourth-order valence-corrected chi connectivity index (χ4v) is 2.39. The normalized spacial score (nSPS) is 17.6. The maximum atomic E-state index is 6.11. The fourth-order valence-electron chi connectivity index (χ4n) is 2.06. The summed E-state index contributed by atoms with van der Waals surface area (Å²) in [6.07, 6.45) is 2.13. The molecule has 1 aromatic heterocycles. The molecule has 1 fully saturated rings. The van der Waals surface area contributed by atoms with E-state index in [2.05, 4.69) is 16.9 Å². The Bertz CT molecular complexity index is 381. The summed E-state index contributed by atoms with van der Waals surface area (Å²) in [6.45, 7) is 2.40. The molecule has 0 bridgehead atoms. The van der Waals surface area contributed by atoms with Crippen LogP contribution in [0.5, 0.6) is 0 Å². The summed E-state index contributed by atoms with van der Waals surface area (Å²) in [6, 6.07) is 4.05. The van der Waals surface area contributed by atoms with Crippen LogP contribution in [0.3, 0.4) is 0 Å². The Hall–Kier alpha value is -0.350. The second-order valence-electron chi connectivity index (χ2n) is 4.32. The number of rotatable bonds is 3. The van der Waals surface area contributed by atoms with Gasteiger partial charge in [-0.05, 0) is 32.0 Å². The summed E-state index contributed by atoms with van der Waals surface area (Å²) in [5.41, 5.74) is 0.841. The number of hydrogen-bond donors (Lipinski definition) is 0. The van der Waals surface area contributed by atoms with Crippen LogP contribution in [0.15, 0.2) is 12.1 Å². The predicted molar refractivity (Wildman–Crippen MR) is 69.6 cm³/mol. The molecule has 94 valence electrons. The Kier molecular flexibility index (Phi) is 4.62. The summed E-state index contributed by atoms with van der Waals surface area (Å²) in [5, 5.41) is 1.16. The van der Waals surface area contributed by atoms with Crippen molar-refractivity contribution in [3.63, 3.8) is 0 Å². The van der Waals surface area contributed by atoms with Gasteiger partial charge in [0.25, 0.3) is 0 Å². The molecular formula is C12H16Cl2N2O. The number of hydrogen-bond acceptors (Lipinski definition) is 3. The highest BCUT2D eigenvalue weighted by atomic mass is 35.5. The highest BCUT2D eigenvalue weighted by Gasteiger charge is 2.19. The highest BCUT2D eigenvalue weighted by Crippen LogP contribution is 2.21. The van der Waals surface area contributed by atoms with E-state index >= 15 is 0 Å². The molecule has 0 atom stereocenters. The SMILES string of the molecule is CN(Cc1nc(Cl)ccc1Cl)C1CCOCC1. The largest absolute Gasteiger partial charge is 0.381 e. The lowest BCUT2D eigenvalue weighted by Gasteiger charge is -2.31. The highest BCUT2D eigenvalue weighted by molar-refractivity contribution is 6.32. The second kappa shape index (κ2) is 6.01. The topological polar surface area (TPSA) is 25.4 Å². The van der Waals surface area contributed by atoms with Crippen LogP contribution in [0.2, 0.25) is 10.2 Å². The van der Waals surface area contributed by atoms with Crippen LogP contribution in [-0.2, 0) is 11.3 Å². The van der Waals surface area contributed by atoms with Gasteiger partial charge in [0.05, 0.1) is 10.7 Å². The summed E-state index contributed by atoms with van der Waals surface area (Å²) in [5.74, 6) is 0. The van der Waals surface area contributed by atoms with Gasteiger partial charge in [0.15, 0.2) is 0 Å². The molecular weight excluding hydrogens is 259 g/mol. The Labute approximate surface area is 112 Å². The van der Waals surface area contributed by atoms with E-state index in [1.807, 2.05) is 0 Å². The zero-order chi connectivity index (χ0) is 12.3. The van der Waals surface area contributed by atoms with Crippen molar-refractivity contribution in [3.05, 3.63) is 28.0 Å². The van der Waals surface area contributed by atoms with Gasteiger partial charge in [-0.2, -0.15) is 0 Å². The lowest BCUT2D eigenvalue weighted by atomic mass is 10.1. The van der Waals surface area contributed by atoms with Crippen LogP contribution in [0, 0.1) is 0 Å². The van der Waals surface area contributed by atoms with Crippen LogP contribution < -0.4 is 0 Å². The van der Waals surface area contributed by atoms with Gasteiger partial charge in [-0.15, -0.1) is 0 Å². The van der Waals surface area contributed by atoms with Crippen LogP contribution in [0.25, 0.3) is 0 Å². The number of aromatic nitrogens is 1. The van der Waals surface area contributed by atoms with Gasteiger partial charge < -0.3 is 4.74 Å². The monoisotopic (exact) mass is 274 g/mol. The average molecular weight is 275 g/mol. The molecule has 1 aliphatic rings. The third-order valence-electron chi connectivity index (χ3n) is 3.10. The van der Waals surface area contributed by atoms with Crippen molar-refractivity contribution in [2.75, 3.05) is 20.3 Å². The Morgan fingerprint density at radius 2 is 2.06 bits per heavy atom. The van der Waals surface area contributed by atoms with Gasteiger partial charge >= 0.3 is 0 Å². The van der Waals surface area contributed by atoms with Gasteiger partial charge in [-0.1, -0.05) is 23.2 Å². The van der Waals surface area contributed by atoms with Crippen molar-refractivity contribution in [2.24, 2.45) is 0 Å². The lowest BCUT2D eigenvalue weighted by Crippen LogP contribution is -2.36. The minimum atomic E-state index is 0.491. The van der Waals surface area contributed by atoms with Crippen molar-refractivity contribution >= 4 is 23.2 Å². The zero-order valence-corrected chi connectivity index (χ0v) is 11.3. The van der Waals surface area contributed by atoms with Crippen LogP contribution in [0.4, 0.5) is 0 Å². The Morgan fingerprint density at radius 1 is 1.35 bits per heavy atom. The molecule has 0 saturated carbocycles. The van der Waals surface area contributed by atoms with Crippen molar-refractivity contribution in [1.29, 1.82) is 0 Å². The smallest absolute Gasteiger partial charge is 0.129 e. The quantitative estimate of drug-likeness (QED) is 0.793. The summed E-state index contributed by atoms with van der Waals surface area (Å²) in [7, 11) is 2.09. The third-order valence-corrected chi connectivity index (χ3v) is 3.65. The Morgan fingerprint density at radius 3 is 2.76 bits per heavy atom. The lowest BCUT2D eigenvalue weighted by molar-refractivity contribution is 0.0403. The van der Waals surface area contributed by atoms with E-state index in [1.165, 1.54) is 0 Å². The maximum Gasteiger partial charge on any atom is 0.129 e. The molecule has 0 N–H and O–H groups in total. The number of ether oxygens (including phenoxy) is 1. The molecule has 0 amide bonds. The molecule has 0 aliphatic carbocycles. The predicted octanol–water partition coefficient (Wildman–Crippen LogP) is 3.00. The molecule has 17 heavy (non-hydrogen) atoms. The minimum Gasteiger partial charge on any atom is -0.381 e. The third kappa shape index (κ3) is 3.55. The average Bonchev–Trinajstić information content (AvgIpc) is 2.35. The first kappa shape index (κ1) is 13.1. The van der Waals surface area contributed by atoms with Gasteiger partial charge in [0.1, 0.15) is 5.15 Å². The molecule has 5 heteroatoms. The molecule has 1 aromatic rings. The summed E-state index contributed by atoms with van der Waals surface area (Å²) in [4.78, 5) is 6.54. The van der Waals surface area contributed by atoms with E-state index in [4.69, 9.17) is 27.9 Å². The second-order valence-corrected chi connectivity index (χ2v) is 5.12. The van der Waals surface area contributed by atoms with Crippen LogP contribution in [-0.4, -0.2) is 36.2 Å². The molecule has 0 unspecified atom stereocenters. The van der Waals surface area contributed by atoms with E-state index in [1.54, 1.807) is 12.1 Å². The number of nitrogens with zero attached hydrogens (tertiary/aromatic N) is 2. The molecule has 0 spiro atoms. The van der Waals surface area contributed by atoms with E-state index in [9.17, 15) is 0 Å². The van der Waals surface area contributed by atoms with E-state index in [0.717, 1.165) is 38.3 Å². The van der Waals surface area contributed by atoms with Crippen molar-refractivity contribution in [2.45, 2.75) is 25.4 Å². The molecule has 1 aliphatic heterocycles. The van der Waals surface area contributed by atoms with E-state index in [0.29, 0.717) is 16.2 Å². The van der Waals surface area contributed by atoms with Gasteiger partial charge in [-0.25, -0.2) is 4.98 Å². The van der Waals surface area contributed by atoms with E-state index < -0.39 is 0 Å². The van der Waals surface area contributed by atoms with Crippen LogP contribution in [0.1, 0.15) is 18.5 Å². The first-order valence-corrected chi connectivity index (χ1v) is 6.51. The van der Waals surface area contributed by atoms with Crippen molar-refractivity contribution in [1.82, 2.24) is 9.88 Å². The van der Waals surface area contributed by atoms with E-state index in [-0.39, 0.29) is 0 Å². The standard InChI is InChI=1S/C12H16Cl2N2O/c1-16(9-4-6-17-7-5-9)8-11-10(13)2-3-12(14)15-11/h2-3,9H,4-8H2,1H3. The van der Waals surface area contributed by atoms with Crippen LogP contribution >= 0.6 is 23.2 Å². The molecule has 0 aromatic carbocycles. The van der Waals surface area contributed by atoms with Gasteiger partial charge in [-0.3, -0.25) is 4.90 Å². The molecule has 2 rings (SSSR count). The number of halogens is 2. The first-order valence-electron chi connectivity index (χ1n) is 5.75. The molecule has 3 nitrogen and oxygen atoms in total. The maximum absolute atomic E-state index is 6.11. The van der Waals surface area contributed by atoms with Crippen molar-refractivity contribution < 1.29 is 4.74 Å². The minimum absolute atomic E-state index is 0.491. The fraction of sp³-hybridized carbons (Fsp3) is 0.583. The first-order chi connectivity index (χ1) is 8.16. The molecule has 2 heterocycles. The Balaban J connectivity index is 2.01. The summed E-state index contributed by atoms with van der Waals surface area (Å²) >= 11 is 12.0. The molecule has 1 saturated heterocycles. The number of pyridine rings is 1. The molecule has 0 radical (unpaired) electrons. The van der Waals surface area contributed by atoms with Crippen molar-refractivity contribution in [3.8, 4) is 0 Å². The van der Waals surface area contributed by atoms with Gasteiger partial charge in [0, 0.05) is 25.8 Å². The zero-order valence-electron chi connectivity index (χ0n) is 9.83. The summed E-state index contributed by atoms with van der Waals surface area (Å²) < 4.78 is 5.35.